The topological polar surface area (TPSA) is 64.1 Å². The molecule has 0 bridgehead atoms. The average Bonchev–Trinajstić information content (AvgIpc) is 3.13. The first-order valence-corrected chi connectivity index (χ1v) is 9.45. The largest absolute Gasteiger partial charge is 0.481 e. The van der Waals surface area contributed by atoms with E-state index in [0.717, 1.165) is 20.9 Å². The van der Waals surface area contributed by atoms with Crippen LogP contribution in [-0.2, 0) is 4.79 Å². The summed E-state index contributed by atoms with van der Waals surface area (Å²) in [5, 5.41) is 3.66. The highest BCUT2D eigenvalue weighted by molar-refractivity contribution is 7.21. The van der Waals surface area contributed by atoms with E-state index in [0.29, 0.717) is 11.4 Å². The molecule has 0 aliphatic carbocycles. The summed E-state index contributed by atoms with van der Waals surface area (Å²) < 4.78 is 18.7. The summed E-state index contributed by atoms with van der Waals surface area (Å²) in [5.41, 5.74) is 2.45. The zero-order valence-electron chi connectivity index (χ0n) is 14.9. The lowest BCUT2D eigenvalue weighted by Gasteiger charge is -2.15. The van der Waals surface area contributed by atoms with Crippen LogP contribution in [0.25, 0.3) is 20.9 Å². The summed E-state index contributed by atoms with van der Waals surface area (Å²) in [7, 11) is 0. The second kappa shape index (κ2) is 7.74. The third kappa shape index (κ3) is 3.99. The summed E-state index contributed by atoms with van der Waals surface area (Å²) in [6, 6.07) is 16.9. The lowest BCUT2D eigenvalue weighted by Crippen LogP contribution is -2.30. The molecule has 28 heavy (non-hydrogen) atoms. The molecular weight excluding hydrogens is 377 g/mol. The number of aromatic nitrogens is 2. The SMILES string of the molecule is CC(Oc1cccc(F)c1)C(=O)Nc1ccc(-c2nc3cccnc3s2)cc1. The number of anilines is 1. The zero-order chi connectivity index (χ0) is 19.5. The van der Waals surface area contributed by atoms with Crippen molar-refractivity contribution in [3.05, 3.63) is 72.7 Å². The molecule has 0 saturated carbocycles. The summed E-state index contributed by atoms with van der Waals surface area (Å²) in [6.07, 6.45) is 0.979. The number of thiazole rings is 1. The van der Waals surface area contributed by atoms with Crippen molar-refractivity contribution in [2.24, 2.45) is 0 Å². The van der Waals surface area contributed by atoms with Crippen LogP contribution in [0.5, 0.6) is 5.75 Å². The Morgan fingerprint density at radius 3 is 2.71 bits per heavy atom. The Labute approximate surface area is 164 Å². The monoisotopic (exact) mass is 393 g/mol. The second-order valence-electron chi connectivity index (χ2n) is 6.13. The van der Waals surface area contributed by atoms with E-state index in [9.17, 15) is 9.18 Å². The number of nitrogens with one attached hydrogen (secondary N) is 1. The highest BCUT2D eigenvalue weighted by Crippen LogP contribution is 2.29. The fraction of sp³-hybridized carbons (Fsp3) is 0.0952. The number of halogens is 1. The Morgan fingerprint density at radius 2 is 1.96 bits per heavy atom. The van der Waals surface area contributed by atoms with E-state index >= 15 is 0 Å². The van der Waals surface area contributed by atoms with Gasteiger partial charge >= 0.3 is 0 Å². The third-order valence-corrected chi connectivity index (χ3v) is 5.07. The van der Waals surface area contributed by atoms with Crippen LogP contribution in [0.15, 0.2) is 66.9 Å². The molecule has 4 aromatic rings. The molecule has 0 aliphatic rings. The number of benzene rings is 2. The molecule has 2 aromatic carbocycles. The van der Waals surface area contributed by atoms with E-state index in [4.69, 9.17) is 4.74 Å². The van der Waals surface area contributed by atoms with Crippen molar-refractivity contribution in [3.63, 3.8) is 0 Å². The number of ether oxygens (including phenoxy) is 1. The number of carbonyl (C=O) groups is 1. The van der Waals surface area contributed by atoms with Crippen molar-refractivity contribution in [3.8, 4) is 16.3 Å². The Balaban J connectivity index is 1.43. The minimum Gasteiger partial charge on any atom is -0.481 e. The molecule has 140 valence electrons. The van der Waals surface area contributed by atoms with Gasteiger partial charge in [-0.25, -0.2) is 14.4 Å². The Hall–Kier alpha value is -3.32. The van der Waals surface area contributed by atoms with Gasteiger partial charge in [0.2, 0.25) is 0 Å². The van der Waals surface area contributed by atoms with Crippen LogP contribution in [0, 0.1) is 5.82 Å². The molecule has 1 amide bonds. The molecule has 4 rings (SSSR count). The number of fused-ring (bicyclic) bond motifs is 1. The van der Waals surface area contributed by atoms with Gasteiger partial charge in [-0.15, -0.1) is 0 Å². The van der Waals surface area contributed by atoms with E-state index in [-0.39, 0.29) is 5.91 Å². The second-order valence-corrected chi connectivity index (χ2v) is 7.11. The molecule has 0 spiro atoms. The first kappa shape index (κ1) is 18.1. The van der Waals surface area contributed by atoms with Crippen molar-refractivity contribution in [1.82, 2.24) is 9.97 Å². The van der Waals surface area contributed by atoms with Crippen LogP contribution >= 0.6 is 11.3 Å². The number of amides is 1. The van der Waals surface area contributed by atoms with Gasteiger partial charge in [-0.2, -0.15) is 0 Å². The summed E-state index contributed by atoms with van der Waals surface area (Å²) in [5.74, 6) is -0.422. The predicted molar refractivity (Wildman–Crippen MR) is 108 cm³/mol. The van der Waals surface area contributed by atoms with Crippen molar-refractivity contribution in [1.29, 1.82) is 0 Å². The van der Waals surface area contributed by atoms with E-state index in [1.807, 2.05) is 36.4 Å². The molecule has 1 unspecified atom stereocenters. The van der Waals surface area contributed by atoms with E-state index in [2.05, 4.69) is 15.3 Å². The molecule has 1 N–H and O–H groups in total. The minimum atomic E-state index is -0.767. The van der Waals surface area contributed by atoms with Gasteiger partial charge in [-0.1, -0.05) is 17.4 Å². The molecule has 2 heterocycles. The van der Waals surface area contributed by atoms with Gasteiger partial charge < -0.3 is 10.1 Å². The molecule has 0 radical (unpaired) electrons. The number of rotatable bonds is 5. The first-order chi connectivity index (χ1) is 13.6. The normalized spacial score (nSPS) is 11.9. The van der Waals surface area contributed by atoms with Crippen molar-refractivity contribution >= 4 is 33.3 Å². The highest BCUT2D eigenvalue weighted by Gasteiger charge is 2.15. The summed E-state index contributed by atoms with van der Waals surface area (Å²) in [6.45, 7) is 1.61. The maximum atomic E-state index is 13.2. The van der Waals surface area contributed by atoms with Gasteiger partial charge in [0.15, 0.2) is 6.10 Å². The molecule has 1 atom stereocenters. The smallest absolute Gasteiger partial charge is 0.265 e. The molecule has 5 nitrogen and oxygen atoms in total. The summed E-state index contributed by atoms with van der Waals surface area (Å²) >= 11 is 1.52. The predicted octanol–water partition coefficient (Wildman–Crippen LogP) is 4.90. The van der Waals surface area contributed by atoms with Crippen LogP contribution in [0.4, 0.5) is 10.1 Å². The zero-order valence-corrected chi connectivity index (χ0v) is 15.7. The quantitative estimate of drug-likeness (QED) is 0.524. The molecular formula is C21H16FN3O2S. The van der Waals surface area contributed by atoms with E-state index in [1.54, 1.807) is 19.2 Å². The number of hydrogen-bond donors (Lipinski definition) is 1. The van der Waals surface area contributed by atoms with E-state index in [1.165, 1.54) is 29.5 Å². The standard InChI is InChI=1S/C21H16FN3O2S/c1-13(27-17-5-2-4-15(22)12-17)19(26)24-16-9-7-14(8-10-16)20-25-18-6-3-11-23-21(18)28-20/h2-13H,1H3,(H,24,26). The van der Waals surface area contributed by atoms with Crippen LogP contribution < -0.4 is 10.1 Å². The van der Waals surface area contributed by atoms with Crippen molar-refractivity contribution in [2.75, 3.05) is 5.32 Å². The van der Waals surface area contributed by atoms with Crippen LogP contribution in [0.3, 0.4) is 0 Å². The highest BCUT2D eigenvalue weighted by atomic mass is 32.1. The Kier molecular flexibility index (Phi) is 4.99. The average molecular weight is 393 g/mol. The fourth-order valence-corrected chi connectivity index (χ4v) is 3.54. The third-order valence-electron chi connectivity index (χ3n) is 4.04. The van der Waals surface area contributed by atoms with Crippen LogP contribution in [0.1, 0.15) is 6.92 Å². The summed E-state index contributed by atoms with van der Waals surface area (Å²) in [4.78, 5) is 22.1. The van der Waals surface area contributed by atoms with Gasteiger partial charge in [0.25, 0.3) is 5.91 Å². The number of hydrogen-bond acceptors (Lipinski definition) is 5. The molecule has 0 saturated heterocycles. The lowest BCUT2D eigenvalue weighted by molar-refractivity contribution is -0.122. The number of pyridine rings is 1. The molecule has 0 aliphatic heterocycles. The van der Waals surface area contributed by atoms with Gasteiger partial charge in [0.05, 0.1) is 0 Å². The fourth-order valence-electron chi connectivity index (χ4n) is 2.63. The minimum absolute atomic E-state index is 0.308. The first-order valence-electron chi connectivity index (χ1n) is 8.63. The van der Waals surface area contributed by atoms with Gasteiger partial charge in [0.1, 0.15) is 26.9 Å². The van der Waals surface area contributed by atoms with Crippen LogP contribution in [-0.4, -0.2) is 22.0 Å². The van der Waals surface area contributed by atoms with Gasteiger partial charge in [-0.05, 0) is 55.5 Å². The molecule has 2 aromatic heterocycles. The van der Waals surface area contributed by atoms with Crippen LogP contribution in [0.2, 0.25) is 0 Å². The Bertz CT molecular complexity index is 1090. The van der Waals surface area contributed by atoms with Crippen molar-refractivity contribution < 1.29 is 13.9 Å². The molecule has 7 heteroatoms. The van der Waals surface area contributed by atoms with Crippen molar-refractivity contribution in [2.45, 2.75) is 13.0 Å². The molecule has 0 fully saturated rings. The van der Waals surface area contributed by atoms with E-state index < -0.39 is 11.9 Å². The number of nitrogens with zero attached hydrogens (tertiary/aromatic N) is 2. The lowest BCUT2D eigenvalue weighted by atomic mass is 10.2. The number of carbonyl (C=O) groups excluding carboxylic acids is 1. The van der Waals surface area contributed by atoms with Gasteiger partial charge in [0, 0.05) is 23.5 Å². The maximum absolute atomic E-state index is 13.2. The Morgan fingerprint density at radius 1 is 1.14 bits per heavy atom. The van der Waals surface area contributed by atoms with Gasteiger partial charge in [-0.3, -0.25) is 4.79 Å². The maximum Gasteiger partial charge on any atom is 0.265 e.